The maximum Gasteiger partial charge on any atom is 0.221 e. The highest BCUT2D eigenvalue weighted by Gasteiger charge is 2.14. The van der Waals surface area contributed by atoms with Crippen molar-refractivity contribution in [1.29, 1.82) is 0 Å². The van der Waals surface area contributed by atoms with Crippen molar-refractivity contribution in [2.75, 3.05) is 12.4 Å². The molecule has 3 heteroatoms. The monoisotopic (exact) mass is 256 g/mol. The highest BCUT2D eigenvalue weighted by atomic mass is 16.5. The van der Waals surface area contributed by atoms with Crippen LogP contribution in [0, 0.1) is 0 Å². The van der Waals surface area contributed by atoms with Crippen LogP contribution in [0.3, 0.4) is 0 Å². The van der Waals surface area contributed by atoms with Gasteiger partial charge in [0, 0.05) is 13.1 Å². The Morgan fingerprint density at radius 1 is 1.05 bits per heavy atom. The summed E-state index contributed by atoms with van der Waals surface area (Å²) in [4.78, 5) is 4.35. The van der Waals surface area contributed by atoms with Crippen molar-refractivity contribution in [2.45, 2.75) is 26.2 Å². The van der Waals surface area contributed by atoms with Gasteiger partial charge >= 0.3 is 0 Å². The fourth-order valence-corrected chi connectivity index (χ4v) is 1.76. The van der Waals surface area contributed by atoms with Crippen LogP contribution in [-0.2, 0) is 5.41 Å². The maximum absolute atomic E-state index is 5.81. The van der Waals surface area contributed by atoms with Crippen molar-refractivity contribution >= 4 is 5.82 Å². The van der Waals surface area contributed by atoms with Crippen LogP contribution in [0.1, 0.15) is 26.3 Å². The second-order valence-corrected chi connectivity index (χ2v) is 5.49. The predicted molar refractivity (Wildman–Crippen MR) is 79.0 cm³/mol. The van der Waals surface area contributed by atoms with E-state index in [1.54, 1.807) is 0 Å². The van der Waals surface area contributed by atoms with Crippen molar-refractivity contribution in [3.63, 3.8) is 0 Å². The third-order valence-corrected chi connectivity index (χ3v) is 2.90. The van der Waals surface area contributed by atoms with Crippen LogP contribution >= 0.6 is 0 Å². The Balaban J connectivity index is 2.23. The fourth-order valence-electron chi connectivity index (χ4n) is 1.76. The van der Waals surface area contributed by atoms with Crippen molar-refractivity contribution in [1.82, 2.24) is 4.98 Å². The number of hydrogen-bond acceptors (Lipinski definition) is 3. The molecule has 0 unspecified atom stereocenters. The van der Waals surface area contributed by atoms with Crippen molar-refractivity contribution in [3.05, 3.63) is 48.0 Å². The van der Waals surface area contributed by atoms with E-state index in [1.807, 2.05) is 37.4 Å². The van der Waals surface area contributed by atoms with E-state index in [4.69, 9.17) is 4.74 Å². The summed E-state index contributed by atoms with van der Waals surface area (Å²) in [7, 11) is 1.84. The summed E-state index contributed by atoms with van der Waals surface area (Å²) in [6.07, 6.45) is 0. The molecular weight excluding hydrogens is 236 g/mol. The number of anilines is 1. The molecule has 1 heterocycles. The Labute approximate surface area is 114 Å². The number of ether oxygens (including phenoxy) is 1. The topological polar surface area (TPSA) is 34.1 Å². The number of pyridine rings is 1. The molecule has 100 valence electrons. The number of rotatable bonds is 3. The Kier molecular flexibility index (Phi) is 3.74. The largest absolute Gasteiger partial charge is 0.439 e. The summed E-state index contributed by atoms with van der Waals surface area (Å²) in [5.41, 5.74) is 1.36. The third-order valence-electron chi connectivity index (χ3n) is 2.90. The lowest BCUT2D eigenvalue weighted by Crippen LogP contribution is -2.10. The van der Waals surface area contributed by atoms with Gasteiger partial charge in [-0.2, -0.15) is 4.98 Å². The van der Waals surface area contributed by atoms with Gasteiger partial charge in [0.15, 0.2) is 0 Å². The number of hydrogen-bond donors (Lipinski definition) is 1. The van der Waals surface area contributed by atoms with Crippen LogP contribution in [0.4, 0.5) is 5.82 Å². The molecule has 1 N–H and O–H groups in total. The molecule has 0 saturated carbocycles. The van der Waals surface area contributed by atoms with E-state index < -0.39 is 0 Å². The zero-order valence-electron chi connectivity index (χ0n) is 11.9. The first-order valence-electron chi connectivity index (χ1n) is 6.42. The summed E-state index contributed by atoms with van der Waals surface area (Å²) in [6.45, 7) is 6.56. The smallest absolute Gasteiger partial charge is 0.221 e. The summed E-state index contributed by atoms with van der Waals surface area (Å²) < 4.78 is 5.81. The van der Waals surface area contributed by atoms with Crippen LogP contribution in [-0.4, -0.2) is 12.0 Å². The first-order valence-corrected chi connectivity index (χ1v) is 6.42. The summed E-state index contributed by atoms with van der Waals surface area (Å²) >= 11 is 0. The molecule has 0 amide bonds. The summed E-state index contributed by atoms with van der Waals surface area (Å²) in [5.74, 6) is 2.20. The SMILES string of the molecule is CNc1cccc(Oc2cccc(C(C)(C)C)c2)n1. The lowest BCUT2D eigenvalue weighted by atomic mass is 9.87. The lowest BCUT2D eigenvalue weighted by molar-refractivity contribution is 0.460. The van der Waals surface area contributed by atoms with Gasteiger partial charge in [0.1, 0.15) is 11.6 Å². The van der Waals surface area contributed by atoms with Gasteiger partial charge in [0.2, 0.25) is 5.88 Å². The zero-order chi connectivity index (χ0) is 13.9. The first-order chi connectivity index (χ1) is 8.99. The lowest BCUT2D eigenvalue weighted by Gasteiger charge is -2.19. The second-order valence-electron chi connectivity index (χ2n) is 5.49. The molecule has 0 spiro atoms. The van der Waals surface area contributed by atoms with Crippen LogP contribution in [0.15, 0.2) is 42.5 Å². The zero-order valence-corrected chi connectivity index (χ0v) is 11.9. The quantitative estimate of drug-likeness (QED) is 0.893. The molecule has 19 heavy (non-hydrogen) atoms. The van der Waals surface area contributed by atoms with Crippen molar-refractivity contribution in [2.24, 2.45) is 0 Å². The second kappa shape index (κ2) is 5.31. The molecule has 0 bridgehead atoms. The molecule has 0 fully saturated rings. The number of benzene rings is 1. The van der Waals surface area contributed by atoms with E-state index in [9.17, 15) is 0 Å². The van der Waals surface area contributed by atoms with Gasteiger partial charge in [-0.15, -0.1) is 0 Å². The normalized spacial score (nSPS) is 11.2. The molecule has 0 aliphatic carbocycles. The van der Waals surface area contributed by atoms with E-state index in [1.165, 1.54) is 5.56 Å². The van der Waals surface area contributed by atoms with Crippen LogP contribution < -0.4 is 10.1 Å². The van der Waals surface area contributed by atoms with Gasteiger partial charge in [0.05, 0.1) is 0 Å². The minimum absolute atomic E-state index is 0.111. The summed E-state index contributed by atoms with van der Waals surface area (Å²) in [6, 6.07) is 13.8. The van der Waals surface area contributed by atoms with Gasteiger partial charge in [-0.1, -0.05) is 39.0 Å². The molecule has 0 aliphatic heterocycles. The van der Waals surface area contributed by atoms with Crippen LogP contribution in [0.2, 0.25) is 0 Å². The van der Waals surface area contributed by atoms with Crippen LogP contribution in [0.5, 0.6) is 11.6 Å². The minimum Gasteiger partial charge on any atom is -0.439 e. The number of nitrogens with zero attached hydrogens (tertiary/aromatic N) is 1. The van der Waals surface area contributed by atoms with E-state index in [-0.39, 0.29) is 5.41 Å². The van der Waals surface area contributed by atoms with Gasteiger partial charge in [-0.3, -0.25) is 0 Å². The molecule has 1 aromatic carbocycles. The highest BCUT2D eigenvalue weighted by molar-refractivity contribution is 5.39. The molecule has 0 saturated heterocycles. The molecule has 3 nitrogen and oxygen atoms in total. The van der Waals surface area contributed by atoms with Crippen molar-refractivity contribution < 1.29 is 4.74 Å². The fraction of sp³-hybridized carbons (Fsp3) is 0.312. The van der Waals surface area contributed by atoms with E-state index >= 15 is 0 Å². The Hall–Kier alpha value is -2.03. The highest BCUT2D eigenvalue weighted by Crippen LogP contribution is 2.28. The number of aromatic nitrogens is 1. The Morgan fingerprint density at radius 2 is 1.79 bits per heavy atom. The van der Waals surface area contributed by atoms with Gasteiger partial charge in [0.25, 0.3) is 0 Å². The molecule has 0 aliphatic rings. The molecule has 0 atom stereocenters. The molecule has 2 aromatic rings. The predicted octanol–water partition coefficient (Wildman–Crippen LogP) is 4.21. The average molecular weight is 256 g/mol. The van der Waals surface area contributed by atoms with E-state index in [0.29, 0.717) is 5.88 Å². The van der Waals surface area contributed by atoms with Crippen molar-refractivity contribution in [3.8, 4) is 11.6 Å². The third kappa shape index (κ3) is 3.47. The summed E-state index contributed by atoms with van der Waals surface area (Å²) in [5, 5.41) is 3.00. The van der Waals surface area contributed by atoms with Gasteiger partial charge in [-0.25, -0.2) is 0 Å². The standard InChI is InChI=1S/C16H20N2O/c1-16(2,3)12-7-5-8-13(11-12)19-15-10-6-9-14(17-4)18-15/h5-11H,1-4H3,(H,17,18). The molecule has 2 rings (SSSR count). The van der Waals surface area contributed by atoms with Gasteiger partial charge in [-0.05, 0) is 29.2 Å². The molecular formula is C16H20N2O. The van der Waals surface area contributed by atoms with Crippen LogP contribution in [0.25, 0.3) is 0 Å². The Morgan fingerprint density at radius 3 is 2.47 bits per heavy atom. The van der Waals surface area contributed by atoms with E-state index in [2.05, 4.69) is 43.2 Å². The molecule has 1 aromatic heterocycles. The Bertz CT molecular complexity index is 559. The first kappa shape index (κ1) is 13.4. The minimum atomic E-state index is 0.111. The molecule has 0 radical (unpaired) electrons. The van der Waals surface area contributed by atoms with E-state index in [0.717, 1.165) is 11.6 Å². The average Bonchev–Trinajstić information content (AvgIpc) is 2.38. The maximum atomic E-state index is 5.81. The number of nitrogens with one attached hydrogen (secondary N) is 1. The van der Waals surface area contributed by atoms with Gasteiger partial charge < -0.3 is 10.1 Å².